The largest absolute Gasteiger partial charge is 0.489 e. The fourth-order valence-electron chi connectivity index (χ4n) is 1.90. The summed E-state index contributed by atoms with van der Waals surface area (Å²) in [6.45, 7) is 4.86. The molecule has 0 aliphatic carbocycles. The Morgan fingerprint density at radius 3 is 2.55 bits per heavy atom. The monoisotopic (exact) mass is 378 g/mol. The van der Waals surface area contributed by atoms with Gasteiger partial charge in [-0.2, -0.15) is 0 Å². The maximum Gasteiger partial charge on any atom is 0.123 e. The highest BCUT2D eigenvalue weighted by Gasteiger charge is 2.04. The fourth-order valence-corrected chi connectivity index (χ4v) is 2.45. The molecule has 0 amide bonds. The van der Waals surface area contributed by atoms with Gasteiger partial charge in [-0.1, -0.05) is 42.0 Å². The Hall–Kier alpha value is -1.29. The van der Waals surface area contributed by atoms with E-state index >= 15 is 0 Å². The van der Waals surface area contributed by atoms with Crippen molar-refractivity contribution < 1.29 is 4.74 Å². The predicted molar refractivity (Wildman–Crippen MR) is 93.1 cm³/mol. The molecule has 0 aromatic heterocycles. The van der Waals surface area contributed by atoms with Crippen molar-refractivity contribution in [2.45, 2.75) is 26.9 Å². The Bertz CT molecular complexity index is 584. The molecule has 0 aliphatic rings. The van der Waals surface area contributed by atoms with Crippen LogP contribution in [0.4, 0.5) is 0 Å². The summed E-state index contributed by atoms with van der Waals surface area (Å²) < 4.78 is 7.22. The molecule has 0 fully saturated rings. The summed E-state index contributed by atoms with van der Waals surface area (Å²) in [7, 11) is 0. The first-order valence-electron chi connectivity index (χ1n) is 6.73. The van der Waals surface area contributed by atoms with Crippen LogP contribution in [-0.2, 0) is 13.0 Å². The molecule has 0 N–H and O–H groups in total. The third kappa shape index (κ3) is 4.67. The number of hydrogen-bond acceptors (Lipinski definition) is 1. The molecule has 0 saturated carbocycles. The quantitative estimate of drug-likeness (QED) is 0.502. The van der Waals surface area contributed by atoms with E-state index in [0.29, 0.717) is 6.61 Å². The van der Waals surface area contributed by atoms with Crippen molar-refractivity contribution in [3.05, 3.63) is 74.9 Å². The van der Waals surface area contributed by atoms with Gasteiger partial charge in [0.25, 0.3) is 0 Å². The van der Waals surface area contributed by atoms with Crippen LogP contribution in [0.1, 0.15) is 25.0 Å². The van der Waals surface area contributed by atoms with E-state index in [0.717, 1.165) is 12.2 Å². The van der Waals surface area contributed by atoms with Crippen LogP contribution in [0.5, 0.6) is 5.75 Å². The van der Waals surface area contributed by atoms with Crippen LogP contribution >= 0.6 is 22.6 Å². The summed E-state index contributed by atoms with van der Waals surface area (Å²) in [5.41, 5.74) is 3.77. The lowest BCUT2D eigenvalue weighted by Crippen LogP contribution is -1.98. The summed E-state index contributed by atoms with van der Waals surface area (Å²) >= 11 is 2.34. The molecule has 0 bridgehead atoms. The molecule has 0 unspecified atom stereocenters. The van der Waals surface area contributed by atoms with Crippen LogP contribution in [0.25, 0.3) is 0 Å². The topological polar surface area (TPSA) is 9.23 Å². The van der Waals surface area contributed by atoms with Crippen molar-refractivity contribution in [3.8, 4) is 5.75 Å². The molecule has 104 valence electrons. The highest BCUT2D eigenvalue weighted by Crippen LogP contribution is 2.23. The Kier molecular flexibility index (Phi) is 5.65. The molecule has 20 heavy (non-hydrogen) atoms. The molecule has 0 atom stereocenters. The van der Waals surface area contributed by atoms with Gasteiger partial charge in [-0.25, -0.2) is 0 Å². The minimum atomic E-state index is 0.614. The zero-order chi connectivity index (χ0) is 14.4. The van der Waals surface area contributed by atoms with Gasteiger partial charge in [0.1, 0.15) is 12.4 Å². The van der Waals surface area contributed by atoms with Gasteiger partial charge in [0.05, 0.1) is 0 Å². The third-order valence-corrected chi connectivity index (χ3v) is 3.66. The van der Waals surface area contributed by atoms with E-state index in [9.17, 15) is 0 Å². The number of halogens is 1. The summed E-state index contributed by atoms with van der Waals surface area (Å²) in [6.07, 6.45) is 3.16. The summed E-state index contributed by atoms with van der Waals surface area (Å²) in [4.78, 5) is 0. The lowest BCUT2D eigenvalue weighted by Gasteiger charge is -2.11. The number of ether oxygens (including phenoxy) is 1. The average Bonchev–Trinajstić information content (AvgIpc) is 2.45. The molecule has 2 rings (SSSR count). The van der Waals surface area contributed by atoms with E-state index in [-0.39, 0.29) is 0 Å². The minimum Gasteiger partial charge on any atom is -0.489 e. The van der Waals surface area contributed by atoms with Gasteiger partial charge in [-0.15, -0.1) is 0 Å². The van der Waals surface area contributed by atoms with Crippen LogP contribution in [-0.4, -0.2) is 0 Å². The predicted octanol–water partition coefficient (Wildman–Crippen LogP) is 5.38. The Morgan fingerprint density at radius 2 is 1.85 bits per heavy atom. The van der Waals surface area contributed by atoms with Gasteiger partial charge in [-0.05, 0) is 72.2 Å². The molecule has 0 aliphatic heterocycles. The highest BCUT2D eigenvalue weighted by atomic mass is 127. The summed E-state index contributed by atoms with van der Waals surface area (Å²) in [5.74, 6) is 0.978. The first kappa shape index (κ1) is 15.1. The zero-order valence-electron chi connectivity index (χ0n) is 11.9. The molecule has 0 spiro atoms. The smallest absolute Gasteiger partial charge is 0.123 e. The van der Waals surface area contributed by atoms with Crippen molar-refractivity contribution in [3.63, 3.8) is 0 Å². The molecule has 1 nitrogen and oxygen atoms in total. The van der Waals surface area contributed by atoms with E-state index < -0.39 is 0 Å². The van der Waals surface area contributed by atoms with Gasteiger partial charge in [0, 0.05) is 3.57 Å². The maximum atomic E-state index is 5.98. The molecule has 0 saturated heterocycles. The molecular formula is C18H19IO. The van der Waals surface area contributed by atoms with E-state index in [4.69, 9.17) is 4.74 Å². The van der Waals surface area contributed by atoms with Gasteiger partial charge < -0.3 is 4.74 Å². The van der Waals surface area contributed by atoms with Gasteiger partial charge in [-0.3, -0.25) is 0 Å². The Labute approximate surface area is 134 Å². The van der Waals surface area contributed by atoms with Crippen LogP contribution in [0.2, 0.25) is 0 Å². The van der Waals surface area contributed by atoms with Crippen molar-refractivity contribution >= 4 is 22.6 Å². The number of allylic oxidation sites excluding steroid dienone is 2. The molecule has 0 heterocycles. The number of benzene rings is 2. The number of hydrogen-bond donors (Lipinski definition) is 0. The highest BCUT2D eigenvalue weighted by molar-refractivity contribution is 14.1. The van der Waals surface area contributed by atoms with Crippen molar-refractivity contribution in [2.24, 2.45) is 0 Å². The SMILES string of the molecule is CC(C)=CCc1cc(I)ccc1OCc1ccccc1. The Morgan fingerprint density at radius 1 is 1.10 bits per heavy atom. The van der Waals surface area contributed by atoms with Crippen molar-refractivity contribution in [1.82, 2.24) is 0 Å². The first-order chi connectivity index (χ1) is 9.65. The third-order valence-electron chi connectivity index (χ3n) is 2.99. The average molecular weight is 378 g/mol. The molecule has 2 heteroatoms. The molecule has 2 aromatic carbocycles. The van der Waals surface area contributed by atoms with E-state index in [1.165, 1.54) is 20.3 Å². The standard InChI is InChI=1S/C18H19IO/c1-14(2)8-9-16-12-17(19)10-11-18(16)20-13-15-6-4-3-5-7-15/h3-8,10-12H,9,13H2,1-2H3. The second-order valence-electron chi connectivity index (χ2n) is 5.01. The van der Waals surface area contributed by atoms with Crippen LogP contribution in [0.15, 0.2) is 60.2 Å². The lowest BCUT2D eigenvalue weighted by molar-refractivity contribution is 0.303. The van der Waals surface area contributed by atoms with Gasteiger partial charge in [0.2, 0.25) is 0 Å². The van der Waals surface area contributed by atoms with Crippen molar-refractivity contribution in [2.75, 3.05) is 0 Å². The van der Waals surface area contributed by atoms with Crippen LogP contribution in [0.3, 0.4) is 0 Å². The second kappa shape index (κ2) is 7.48. The normalized spacial score (nSPS) is 10.2. The first-order valence-corrected chi connectivity index (χ1v) is 7.81. The Balaban J connectivity index is 2.12. The van der Waals surface area contributed by atoms with Gasteiger partial charge >= 0.3 is 0 Å². The second-order valence-corrected chi connectivity index (χ2v) is 6.26. The molecule has 0 radical (unpaired) electrons. The number of rotatable bonds is 5. The lowest BCUT2D eigenvalue weighted by atomic mass is 10.1. The molecular weight excluding hydrogens is 359 g/mol. The van der Waals surface area contributed by atoms with E-state index in [1.54, 1.807) is 0 Å². The summed E-state index contributed by atoms with van der Waals surface area (Å²) in [6, 6.07) is 16.6. The van der Waals surface area contributed by atoms with Crippen LogP contribution < -0.4 is 4.74 Å². The zero-order valence-corrected chi connectivity index (χ0v) is 14.1. The van der Waals surface area contributed by atoms with E-state index in [2.05, 4.69) is 72.8 Å². The van der Waals surface area contributed by atoms with Crippen molar-refractivity contribution in [1.29, 1.82) is 0 Å². The van der Waals surface area contributed by atoms with Crippen LogP contribution in [0, 0.1) is 3.57 Å². The fraction of sp³-hybridized carbons (Fsp3) is 0.222. The summed E-state index contributed by atoms with van der Waals surface area (Å²) in [5, 5.41) is 0. The van der Waals surface area contributed by atoms with Gasteiger partial charge in [0.15, 0.2) is 0 Å². The maximum absolute atomic E-state index is 5.98. The van der Waals surface area contributed by atoms with E-state index in [1.807, 2.05) is 18.2 Å². The minimum absolute atomic E-state index is 0.614. The molecule has 2 aromatic rings.